The van der Waals surface area contributed by atoms with E-state index in [1.165, 1.54) is 51.0 Å². The van der Waals surface area contributed by atoms with Gasteiger partial charge in [-0.15, -0.1) is 0 Å². The third-order valence-electron chi connectivity index (χ3n) is 2.92. The zero-order valence-electron chi connectivity index (χ0n) is 9.27. The normalized spacial score (nSPS) is 26.3. The lowest BCUT2D eigenvalue weighted by atomic mass is 10.1. The van der Waals surface area contributed by atoms with E-state index in [0.717, 1.165) is 6.61 Å². The fourth-order valence-corrected chi connectivity index (χ4v) is 3.90. The molecule has 1 aliphatic rings. The summed E-state index contributed by atoms with van der Waals surface area (Å²) in [4.78, 5) is 0. The molecule has 1 heterocycles. The first-order chi connectivity index (χ1) is 6.21. The molecule has 0 N–H and O–H groups in total. The molecule has 0 bridgehead atoms. The number of hydrogen-bond acceptors (Lipinski definition) is 1. The standard InChI is InChI=1S/C11H24OSi/c1-13(2)11-9-7-5-3-4-6-8-10-12-13/h3-11H2,1-2H3. The average molecular weight is 200 g/mol. The molecule has 0 atom stereocenters. The summed E-state index contributed by atoms with van der Waals surface area (Å²) < 4.78 is 6.00. The largest absolute Gasteiger partial charge is 0.417 e. The summed E-state index contributed by atoms with van der Waals surface area (Å²) in [5.74, 6) is 0. The van der Waals surface area contributed by atoms with Crippen molar-refractivity contribution in [1.82, 2.24) is 0 Å². The highest BCUT2D eigenvalue weighted by Gasteiger charge is 2.21. The Hall–Kier alpha value is 0.177. The van der Waals surface area contributed by atoms with Crippen LogP contribution >= 0.6 is 0 Å². The van der Waals surface area contributed by atoms with Crippen LogP contribution in [-0.2, 0) is 4.43 Å². The van der Waals surface area contributed by atoms with Gasteiger partial charge in [0.25, 0.3) is 0 Å². The maximum atomic E-state index is 6.00. The van der Waals surface area contributed by atoms with Crippen molar-refractivity contribution in [2.45, 2.75) is 64.1 Å². The summed E-state index contributed by atoms with van der Waals surface area (Å²) in [7, 11) is -1.25. The van der Waals surface area contributed by atoms with Gasteiger partial charge in [-0.25, -0.2) is 0 Å². The summed E-state index contributed by atoms with van der Waals surface area (Å²) >= 11 is 0. The second-order valence-corrected chi connectivity index (χ2v) is 9.14. The number of hydrogen-bond donors (Lipinski definition) is 0. The van der Waals surface area contributed by atoms with Crippen LogP contribution in [0.4, 0.5) is 0 Å². The van der Waals surface area contributed by atoms with Crippen LogP contribution < -0.4 is 0 Å². The van der Waals surface area contributed by atoms with E-state index in [1.807, 2.05) is 0 Å². The Labute approximate surface area is 84.0 Å². The molecular weight excluding hydrogens is 176 g/mol. The van der Waals surface area contributed by atoms with E-state index < -0.39 is 8.32 Å². The summed E-state index contributed by atoms with van der Waals surface area (Å²) in [5.41, 5.74) is 0. The predicted octanol–water partition coefficient (Wildman–Crippen LogP) is 3.95. The van der Waals surface area contributed by atoms with E-state index in [2.05, 4.69) is 13.1 Å². The van der Waals surface area contributed by atoms with Crippen LogP contribution in [0.3, 0.4) is 0 Å². The van der Waals surface area contributed by atoms with Crippen LogP contribution in [0.1, 0.15) is 44.9 Å². The lowest BCUT2D eigenvalue weighted by molar-refractivity contribution is 0.295. The number of rotatable bonds is 0. The van der Waals surface area contributed by atoms with E-state index in [1.54, 1.807) is 0 Å². The van der Waals surface area contributed by atoms with Crippen molar-refractivity contribution in [3.05, 3.63) is 0 Å². The van der Waals surface area contributed by atoms with Crippen molar-refractivity contribution in [3.63, 3.8) is 0 Å². The van der Waals surface area contributed by atoms with Crippen molar-refractivity contribution in [2.75, 3.05) is 6.61 Å². The van der Waals surface area contributed by atoms with Crippen LogP contribution in [0.15, 0.2) is 0 Å². The van der Waals surface area contributed by atoms with E-state index >= 15 is 0 Å². The fourth-order valence-electron chi connectivity index (χ4n) is 1.96. The molecule has 0 spiro atoms. The van der Waals surface area contributed by atoms with Crippen LogP contribution in [0.2, 0.25) is 19.1 Å². The minimum absolute atomic E-state index is 1.03. The van der Waals surface area contributed by atoms with Gasteiger partial charge in [0.05, 0.1) is 0 Å². The Morgan fingerprint density at radius 1 is 0.769 bits per heavy atom. The van der Waals surface area contributed by atoms with E-state index in [4.69, 9.17) is 4.43 Å². The van der Waals surface area contributed by atoms with E-state index in [9.17, 15) is 0 Å². The van der Waals surface area contributed by atoms with Gasteiger partial charge in [-0.2, -0.15) is 0 Å². The molecule has 0 radical (unpaired) electrons. The Morgan fingerprint density at radius 2 is 1.31 bits per heavy atom. The first-order valence-corrected chi connectivity index (χ1v) is 8.96. The monoisotopic (exact) mass is 200 g/mol. The van der Waals surface area contributed by atoms with Crippen molar-refractivity contribution >= 4 is 8.32 Å². The molecule has 0 aromatic rings. The summed E-state index contributed by atoms with van der Waals surface area (Å²) in [6, 6.07) is 1.37. The van der Waals surface area contributed by atoms with E-state index in [0.29, 0.717) is 0 Å². The molecule has 0 saturated carbocycles. The summed E-state index contributed by atoms with van der Waals surface area (Å²) in [6.45, 7) is 5.76. The third kappa shape index (κ3) is 5.48. The minimum atomic E-state index is -1.25. The van der Waals surface area contributed by atoms with Gasteiger partial charge >= 0.3 is 0 Å². The molecule has 0 aliphatic carbocycles. The fraction of sp³-hybridized carbons (Fsp3) is 1.00. The van der Waals surface area contributed by atoms with Crippen molar-refractivity contribution in [1.29, 1.82) is 0 Å². The van der Waals surface area contributed by atoms with Gasteiger partial charge in [-0.1, -0.05) is 38.5 Å². The highest BCUT2D eigenvalue weighted by molar-refractivity contribution is 6.71. The average Bonchev–Trinajstić information content (AvgIpc) is 2.10. The lowest BCUT2D eigenvalue weighted by Crippen LogP contribution is -2.30. The first kappa shape index (κ1) is 11.3. The van der Waals surface area contributed by atoms with Crippen molar-refractivity contribution in [3.8, 4) is 0 Å². The highest BCUT2D eigenvalue weighted by atomic mass is 28.4. The van der Waals surface area contributed by atoms with Crippen molar-refractivity contribution in [2.24, 2.45) is 0 Å². The molecule has 2 heteroatoms. The molecule has 0 amide bonds. The Kier molecular flexibility index (Phi) is 5.03. The topological polar surface area (TPSA) is 9.23 Å². The van der Waals surface area contributed by atoms with Gasteiger partial charge < -0.3 is 4.43 Å². The van der Waals surface area contributed by atoms with Gasteiger partial charge in [0.2, 0.25) is 0 Å². The second-order valence-electron chi connectivity index (χ2n) is 4.83. The predicted molar refractivity (Wildman–Crippen MR) is 60.6 cm³/mol. The van der Waals surface area contributed by atoms with Gasteiger partial charge in [-0.05, 0) is 25.6 Å². The molecule has 1 aliphatic heterocycles. The summed E-state index contributed by atoms with van der Waals surface area (Å²) in [6.07, 6.45) is 9.82. The molecular formula is C11H24OSi. The molecule has 78 valence electrons. The molecule has 0 aromatic heterocycles. The SMILES string of the molecule is C[Si]1(C)CCCCCCCCCO1. The molecule has 1 fully saturated rings. The lowest BCUT2D eigenvalue weighted by Gasteiger charge is -2.22. The second kappa shape index (κ2) is 5.81. The first-order valence-electron chi connectivity index (χ1n) is 5.85. The van der Waals surface area contributed by atoms with Crippen molar-refractivity contribution < 1.29 is 4.43 Å². The Balaban J connectivity index is 2.27. The van der Waals surface area contributed by atoms with Crippen LogP contribution in [0, 0.1) is 0 Å². The molecule has 1 saturated heterocycles. The van der Waals surface area contributed by atoms with Crippen LogP contribution in [0.25, 0.3) is 0 Å². The highest BCUT2D eigenvalue weighted by Crippen LogP contribution is 2.19. The van der Waals surface area contributed by atoms with Gasteiger partial charge in [0, 0.05) is 6.61 Å². The maximum Gasteiger partial charge on any atom is 0.186 e. The Morgan fingerprint density at radius 3 is 2.00 bits per heavy atom. The van der Waals surface area contributed by atoms with Crippen LogP contribution in [0.5, 0.6) is 0 Å². The zero-order valence-corrected chi connectivity index (χ0v) is 10.3. The van der Waals surface area contributed by atoms with Crippen LogP contribution in [-0.4, -0.2) is 14.9 Å². The summed E-state index contributed by atoms with van der Waals surface area (Å²) in [5, 5.41) is 0. The maximum absolute atomic E-state index is 6.00. The third-order valence-corrected chi connectivity index (χ3v) is 5.46. The van der Waals surface area contributed by atoms with E-state index in [-0.39, 0.29) is 0 Å². The zero-order chi connectivity index (χ0) is 9.57. The van der Waals surface area contributed by atoms with Gasteiger partial charge in [0.15, 0.2) is 8.32 Å². The minimum Gasteiger partial charge on any atom is -0.417 e. The molecule has 13 heavy (non-hydrogen) atoms. The molecule has 0 aromatic carbocycles. The van der Waals surface area contributed by atoms with Gasteiger partial charge in [0.1, 0.15) is 0 Å². The Bertz CT molecular complexity index is 120. The smallest absolute Gasteiger partial charge is 0.186 e. The van der Waals surface area contributed by atoms with Gasteiger partial charge in [-0.3, -0.25) is 0 Å². The molecule has 1 nitrogen and oxygen atoms in total. The molecule has 1 rings (SSSR count). The quantitative estimate of drug-likeness (QED) is 0.538. The molecule has 0 unspecified atom stereocenters.